The largest absolute Gasteiger partial charge is 0.507 e. The van der Waals surface area contributed by atoms with Crippen LogP contribution in [0.1, 0.15) is 15.9 Å². The van der Waals surface area contributed by atoms with Crippen molar-refractivity contribution in [2.45, 2.75) is 0 Å². The van der Waals surface area contributed by atoms with Crippen molar-refractivity contribution in [3.8, 4) is 28.6 Å². The number of aromatic hydroxyl groups is 1. The molecule has 0 saturated heterocycles. The predicted octanol–water partition coefficient (Wildman–Crippen LogP) is 5.08. The Bertz CT molecular complexity index is 1360. The van der Waals surface area contributed by atoms with Gasteiger partial charge in [0, 0.05) is 17.7 Å². The summed E-state index contributed by atoms with van der Waals surface area (Å²) in [5.41, 5.74) is 1.38. The number of rotatable bonds is 6. The molecule has 0 aliphatic heterocycles. The van der Waals surface area contributed by atoms with Crippen molar-refractivity contribution in [3.05, 3.63) is 94.2 Å². The summed E-state index contributed by atoms with van der Waals surface area (Å²) in [6.07, 6.45) is 2.97. The second-order valence-electron chi connectivity index (χ2n) is 7.04. The lowest BCUT2D eigenvalue weighted by Gasteiger charge is -2.07. The van der Waals surface area contributed by atoms with E-state index < -0.39 is 5.78 Å². The fraction of sp³-hybridized carbons (Fsp3) is 0.0769. The SMILES string of the molecule is COc1ccc(C=CC(=O)c2cc3c(=O)cc(-c4ccc(OC)cc4)oc3cc2O)cc1. The van der Waals surface area contributed by atoms with Gasteiger partial charge in [0.05, 0.1) is 25.2 Å². The summed E-state index contributed by atoms with van der Waals surface area (Å²) in [7, 11) is 3.15. The van der Waals surface area contributed by atoms with Crippen LogP contribution in [0, 0.1) is 0 Å². The van der Waals surface area contributed by atoms with Gasteiger partial charge in [0.25, 0.3) is 0 Å². The third-order valence-electron chi connectivity index (χ3n) is 5.03. The number of allylic oxidation sites excluding steroid dienone is 1. The van der Waals surface area contributed by atoms with Crippen LogP contribution in [-0.2, 0) is 0 Å². The van der Waals surface area contributed by atoms with E-state index in [1.807, 2.05) is 0 Å². The fourth-order valence-electron chi connectivity index (χ4n) is 3.26. The molecular formula is C26H20O6. The van der Waals surface area contributed by atoms with Crippen molar-refractivity contribution in [2.75, 3.05) is 14.2 Å². The van der Waals surface area contributed by atoms with Crippen LogP contribution in [0.5, 0.6) is 17.2 Å². The number of fused-ring (bicyclic) bond motifs is 1. The highest BCUT2D eigenvalue weighted by molar-refractivity contribution is 6.10. The van der Waals surface area contributed by atoms with Crippen molar-refractivity contribution in [1.29, 1.82) is 0 Å². The van der Waals surface area contributed by atoms with Gasteiger partial charge in [0.2, 0.25) is 0 Å². The molecule has 0 saturated carbocycles. The van der Waals surface area contributed by atoms with Crippen LogP contribution in [0.25, 0.3) is 28.4 Å². The molecule has 0 amide bonds. The standard InChI is InChI=1S/C26H20O6/c1-30-18-8-3-16(4-9-18)5-12-22(27)20-13-21-24(29)14-25(32-26(21)15-23(20)28)17-6-10-19(31-2)11-7-17/h3-15,28H,1-2H3. The molecule has 0 atom stereocenters. The smallest absolute Gasteiger partial charge is 0.193 e. The van der Waals surface area contributed by atoms with E-state index in [1.54, 1.807) is 68.8 Å². The molecular weight excluding hydrogens is 408 g/mol. The van der Waals surface area contributed by atoms with Crippen LogP contribution in [0.3, 0.4) is 0 Å². The molecule has 160 valence electrons. The Hall–Kier alpha value is -4.32. The number of phenolic OH excluding ortho intramolecular Hbond substituents is 1. The summed E-state index contributed by atoms with van der Waals surface area (Å²) >= 11 is 0. The summed E-state index contributed by atoms with van der Waals surface area (Å²) in [5, 5.41) is 10.6. The fourth-order valence-corrected chi connectivity index (χ4v) is 3.26. The Balaban J connectivity index is 1.66. The Morgan fingerprint density at radius 3 is 2.16 bits per heavy atom. The molecule has 6 nitrogen and oxygen atoms in total. The number of ether oxygens (including phenoxy) is 2. The summed E-state index contributed by atoms with van der Waals surface area (Å²) in [4.78, 5) is 25.4. The zero-order chi connectivity index (χ0) is 22.7. The van der Waals surface area contributed by atoms with E-state index in [2.05, 4.69) is 0 Å². The second-order valence-corrected chi connectivity index (χ2v) is 7.04. The van der Waals surface area contributed by atoms with E-state index in [1.165, 1.54) is 24.3 Å². The van der Waals surface area contributed by atoms with Crippen molar-refractivity contribution >= 4 is 22.8 Å². The Labute approximate surface area is 184 Å². The highest BCUT2D eigenvalue weighted by atomic mass is 16.5. The van der Waals surface area contributed by atoms with Gasteiger partial charge in [-0.15, -0.1) is 0 Å². The van der Waals surface area contributed by atoms with E-state index in [4.69, 9.17) is 13.9 Å². The molecule has 0 unspecified atom stereocenters. The molecule has 0 aliphatic carbocycles. The van der Waals surface area contributed by atoms with Crippen LogP contribution in [0.15, 0.2) is 82.0 Å². The molecule has 4 rings (SSSR count). The van der Waals surface area contributed by atoms with Crippen LogP contribution in [0.2, 0.25) is 0 Å². The molecule has 3 aromatic carbocycles. The minimum absolute atomic E-state index is 0.0201. The van der Waals surface area contributed by atoms with Crippen LogP contribution < -0.4 is 14.9 Å². The number of hydrogen-bond donors (Lipinski definition) is 1. The van der Waals surface area contributed by atoms with Crippen LogP contribution in [0.4, 0.5) is 0 Å². The van der Waals surface area contributed by atoms with E-state index >= 15 is 0 Å². The highest BCUT2D eigenvalue weighted by Gasteiger charge is 2.15. The Morgan fingerprint density at radius 2 is 1.53 bits per heavy atom. The number of ketones is 1. The van der Waals surface area contributed by atoms with Crippen molar-refractivity contribution in [3.63, 3.8) is 0 Å². The molecule has 1 N–H and O–H groups in total. The normalized spacial score (nSPS) is 11.1. The third kappa shape index (κ3) is 4.25. The monoisotopic (exact) mass is 428 g/mol. The first-order chi connectivity index (χ1) is 15.5. The molecule has 1 aromatic heterocycles. The minimum atomic E-state index is -0.432. The molecule has 32 heavy (non-hydrogen) atoms. The lowest BCUT2D eigenvalue weighted by Crippen LogP contribution is -2.03. The van der Waals surface area contributed by atoms with E-state index in [-0.39, 0.29) is 27.7 Å². The van der Waals surface area contributed by atoms with E-state index in [0.717, 1.165) is 5.56 Å². The molecule has 0 spiro atoms. The lowest BCUT2D eigenvalue weighted by atomic mass is 10.0. The van der Waals surface area contributed by atoms with Crippen LogP contribution in [-0.4, -0.2) is 25.1 Å². The molecule has 6 heteroatoms. The topological polar surface area (TPSA) is 86.0 Å². The molecule has 0 aliphatic rings. The van der Waals surface area contributed by atoms with Gasteiger partial charge >= 0.3 is 0 Å². The molecule has 4 aromatic rings. The molecule has 0 fully saturated rings. The number of hydrogen-bond acceptors (Lipinski definition) is 6. The van der Waals surface area contributed by atoms with Gasteiger partial charge in [0.1, 0.15) is 28.6 Å². The van der Waals surface area contributed by atoms with Gasteiger partial charge in [0.15, 0.2) is 11.2 Å². The first kappa shape index (κ1) is 20.9. The van der Waals surface area contributed by atoms with Gasteiger partial charge in [-0.2, -0.15) is 0 Å². The highest BCUT2D eigenvalue weighted by Crippen LogP contribution is 2.29. The maximum absolute atomic E-state index is 12.7. The number of methoxy groups -OCH3 is 2. The number of carbonyl (C=O) groups is 1. The minimum Gasteiger partial charge on any atom is -0.507 e. The average molecular weight is 428 g/mol. The summed E-state index contributed by atoms with van der Waals surface area (Å²) in [6.45, 7) is 0. The maximum Gasteiger partial charge on any atom is 0.193 e. The average Bonchev–Trinajstić information content (AvgIpc) is 2.82. The van der Waals surface area contributed by atoms with Crippen LogP contribution >= 0.6 is 0 Å². The predicted molar refractivity (Wildman–Crippen MR) is 122 cm³/mol. The lowest BCUT2D eigenvalue weighted by molar-refractivity contribution is 0.104. The Morgan fingerprint density at radius 1 is 0.906 bits per heavy atom. The van der Waals surface area contributed by atoms with Gasteiger partial charge in [-0.1, -0.05) is 18.2 Å². The summed E-state index contributed by atoms with van der Waals surface area (Å²) < 4.78 is 16.1. The zero-order valence-corrected chi connectivity index (χ0v) is 17.5. The van der Waals surface area contributed by atoms with Crippen molar-refractivity contribution in [1.82, 2.24) is 0 Å². The van der Waals surface area contributed by atoms with Crippen molar-refractivity contribution < 1.29 is 23.8 Å². The number of phenols is 1. The zero-order valence-electron chi connectivity index (χ0n) is 17.5. The summed E-state index contributed by atoms with van der Waals surface area (Å²) in [6, 6.07) is 18.2. The summed E-state index contributed by atoms with van der Waals surface area (Å²) in [5.74, 6) is 1.04. The quantitative estimate of drug-likeness (QED) is 0.341. The Kier molecular flexibility index (Phi) is 5.77. The third-order valence-corrected chi connectivity index (χ3v) is 5.03. The van der Waals surface area contributed by atoms with Crippen molar-refractivity contribution in [2.24, 2.45) is 0 Å². The molecule has 0 bridgehead atoms. The second kappa shape index (κ2) is 8.81. The molecule has 0 radical (unpaired) electrons. The van der Waals surface area contributed by atoms with E-state index in [0.29, 0.717) is 22.8 Å². The van der Waals surface area contributed by atoms with Gasteiger partial charge in [-0.3, -0.25) is 9.59 Å². The maximum atomic E-state index is 12.7. The number of benzene rings is 3. The molecule has 1 heterocycles. The van der Waals surface area contributed by atoms with E-state index in [9.17, 15) is 14.7 Å². The van der Waals surface area contributed by atoms with Gasteiger partial charge in [-0.05, 0) is 54.1 Å². The first-order valence-electron chi connectivity index (χ1n) is 9.80. The van der Waals surface area contributed by atoms with Gasteiger partial charge in [-0.25, -0.2) is 0 Å². The first-order valence-corrected chi connectivity index (χ1v) is 9.80. The number of carbonyl (C=O) groups excluding carboxylic acids is 1. The van der Waals surface area contributed by atoms with Gasteiger partial charge < -0.3 is 19.0 Å².